The topological polar surface area (TPSA) is 50.8 Å². The summed E-state index contributed by atoms with van der Waals surface area (Å²) in [6.45, 7) is 8.82. The third-order valence-corrected chi connectivity index (χ3v) is 3.41. The molecule has 0 aromatic rings. The molecule has 2 fully saturated rings. The van der Waals surface area contributed by atoms with Crippen LogP contribution in [0.25, 0.3) is 0 Å². The number of rotatable bonds is 2. The summed E-state index contributed by atoms with van der Waals surface area (Å²) in [7, 11) is 0. The van der Waals surface area contributed by atoms with Crippen LogP contribution in [0.2, 0.25) is 0 Å². The van der Waals surface area contributed by atoms with Crippen molar-refractivity contribution >= 4 is 0 Å². The molecule has 2 aliphatic rings. The molecule has 0 saturated carbocycles. The van der Waals surface area contributed by atoms with Gasteiger partial charge in [0.2, 0.25) is 5.85 Å². The Morgan fingerprint density at radius 3 is 1.71 bits per heavy atom. The number of hydrogen-bond donors (Lipinski definition) is 3. The Balaban J connectivity index is 2.13. The molecule has 2 saturated heterocycles. The molecule has 96 valence electrons. The van der Waals surface area contributed by atoms with E-state index in [1.807, 2.05) is 0 Å². The molecule has 0 aliphatic carbocycles. The van der Waals surface area contributed by atoms with Gasteiger partial charge in [0, 0.05) is 52.4 Å². The van der Waals surface area contributed by atoms with Crippen molar-refractivity contribution < 1.29 is 5.11 Å². The van der Waals surface area contributed by atoms with Crippen LogP contribution in [0, 0.1) is 11.8 Å². The maximum atomic E-state index is 10.9. The molecule has 3 N–H and O–H groups in total. The summed E-state index contributed by atoms with van der Waals surface area (Å²) in [4.78, 5) is 4.15. The predicted molar refractivity (Wildman–Crippen MR) is 67.3 cm³/mol. The minimum atomic E-state index is -1.08. The first kappa shape index (κ1) is 12.8. The summed E-state index contributed by atoms with van der Waals surface area (Å²) >= 11 is 0. The van der Waals surface area contributed by atoms with E-state index in [4.69, 9.17) is 0 Å². The van der Waals surface area contributed by atoms with E-state index < -0.39 is 5.85 Å². The van der Waals surface area contributed by atoms with Crippen LogP contribution in [-0.4, -0.2) is 73.1 Å². The lowest BCUT2D eigenvalue weighted by atomic mass is 10.2. The third kappa shape index (κ3) is 2.79. The van der Waals surface area contributed by atoms with E-state index in [9.17, 15) is 5.11 Å². The van der Waals surface area contributed by atoms with Gasteiger partial charge in [0.15, 0.2) is 0 Å². The molecule has 0 bridgehead atoms. The van der Waals surface area contributed by atoms with E-state index in [2.05, 4.69) is 32.3 Å². The highest BCUT2D eigenvalue weighted by molar-refractivity contribution is 5.12. The van der Waals surface area contributed by atoms with E-state index in [0.29, 0.717) is 0 Å². The SMILES string of the molecule is CC#CC(O)(N1CCNCC1)N1CCNCC1. The molecule has 0 aromatic carbocycles. The number of piperazine rings is 2. The van der Waals surface area contributed by atoms with Crippen molar-refractivity contribution in [3.8, 4) is 11.8 Å². The van der Waals surface area contributed by atoms with Gasteiger partial charge in [-0.1, -0.05) is 0 Å². The Morgan fingerprint density at radius 2 is 1.35 bits per heavy atom. The normalized spacial score (nSPS) is 24.1. The smallest absolute Gasteiger partial charge is 0.243 e. The predicted octanol–water partition coefficient (Wildman–Crippen LogP) is -1.53. The lowest BCUT2D eigenvalue weighted by molar-refractivity contribution is -0.178. The lowest BCUT2D eigenvalue weighted by Gasteiger charge is -2.46. The van der Waals surface area contributed by atoms with Crippen LogP contribution < -0.4 is 10.6 Å². The minimum Gasteiger partial charge on any atom is -0.353 e. The van der Waals surface area contributed by atoms with Crippen molar-refractivity contribution in [1.82, 2.24) is 20.4 Å². The lowest BCUT2D eigenvalue weighted by Crippen LogP contribution is -2.66. The fraction of sp³-hybridized carbons (Fsp3) is 0.833. The van der Waals surface area contributed by atoms with Gasteiger partial charge in [0.25, 0.3) is 0 Å². The highest BCUT2D eigenvalue weighted by Gasteiger charge is 2.39. The average molecular weight is 238 g/mol. The van der Waals surface area contributed by atoms with E-state index in [0.717, 1.165) is 52.4 Å². The Morgan fingerprint density at radius 1 is 0.941 bits per heavy atom. The van der Waals surface area contributed by atoms with Crippen LogP contribution in [0.15, 0.2) is 0 Å². The Kier molecular flexibility index (Phi) is 4.37. The van der Waals surface area contributed by atoms with Crippen molar-refractivity contribution in [3.05, 3.63) is 0 Å². The first-order valence-electron chi connectivity index (χ1n) is 6.35. The number of hydrogen-bond acceptors (Lipinski definition) is 5. The zero-order valence-corrected chi connectivity index (χ0v) is 10.5. The Bertz CT molecular complexity index is 279. The van der Waals surface area contributed by atoms with Crippen molar-refractivity contribution in [1.29, 1.82) is 0 Å². The highest BCUT2D eigenvalue weighted by atomic mass is 16.3. The molecule has 0 aromatic heterocycles. The van der Waals surface area contributed by atoms with E-state index in [1.165, 1.54) is 0 Å². The molecule has 0 amide bonds. The van der Waals surface area contributed by atoms with Crippen LogP contribution in [0.5, 0.6) is 0 Å². The summed E-state index contributed by atoms with van der Waals surface area (Å²) < 4.78 is 0. The van der Waals surface area contributed by atoms with Gasteiger partial charge in [0.05, 0.1) is 0 Å². The van der Waals surface area contributed by atoms with Gasteiger partial charge in [-0.2, -0.15) is 0 Å². The fourth-order valence-corrected chi connectivity index (χ4v) is 2.48. The van der Waals surface area contributed by atoms with Gasteiger partial charge in [0.1, 0.15) is 0 Å². The van der Waals surface area contributed by atoms with Crippen molar-refractivity contribution in [2.45, 2.75) is 12.8 Å². The van der Waals surface area contributed by atoms with Gasteiger partial charge in [-0.15, -0.1) is 5.92 Å². The second-order valence-corrected chi connectivity index (χ2v) is 4.48. The van der Waals surface area contributed by atoms with E-state index in [-0.39, 0.29) is 0 Å². The van der Waals surface area contributed by atoms with Crippen molar-refractivity contribution in [2.75, 3.05) is 52.4 Å². The molecule has 0 atom stereocenters. The van der Waals surface area contributed by atoms with Gasteiger partial charge in [-0.25, -0.2) is 9.80 Å². The highest BCUT2D eigenvalue weighted by Crippen LogP contribution is 2.18. The van der Waals surface area contributed by atoms with Crippen molar-refractivity contribution in [2.24, 2.45) is 0 Å². The van der Waals surface area contributed by atoms with E-state index in [1.54, 1.807) is 6.92 Å². The van der Waals surface area contributed by atoms with Gasteiger partial charge < -0.3 is 15.7 Å². The molecule has 2 heterocycles. The molecule has 17 heavy (non-hydrogen) atoms. The fourth-order valence-electron chi connectivity index (χ4n) is 2.48. The minimum absolute atomic E-state index is 0.842. The third-order valence-electron chi connectivity index (χ3n) is 3.41. The summed E-state index contributed by atoms with van der Waals surface area (Å²) in [5.74, 6) is 4.79. The zero-order chi connectivity index (χ0) is 12.1. The molecule has 0 radical (unpaired) electrons. The molecule has 0 spiro atoms. The van der Waals surface area contributed by atoms with Crippen LogP contribution in [-0.2, 0) is 0 Å². The summed E-state index contributed by atoms with van der Waals surface area (Å²) in [6.07, 6.45) is 0. The largest absolute Gasteiger partial charge is 0.353 e. The van der Waals surface area contributed by atoms with Crippen LogP contribution in [0.4, 0.5) is 0 Å². The van der Waals surface area contributed by atoms with Crippen LogP contribution in [0.1, 0.15) is 6.92 Å². The quantitative estimate of drug-likeness (QED) is 0.510. The van der Waals surface area contributed by atoms with Crippen LogP contribution in [0.3, 0.4) is 0 Å². The van der Waals surface area contributed by atoms with Gasteiger partial charge in [-0.05, 0) is 12.8 Å². The zero-order valence-electron chi connectivity index (χ0n) is 10.5. The first-order valence-corrected chi connectivity index (χ1v) is 6.35. The first-order chi connectivity index (χ1) is 8.27. The van der Waals surface area contributed by atoms with Crippen molar-refractivity contribution in [3.63, 3.8) is 0 Å². The maximum absolute atomic E-state index is 10.9. The molecular weight excluding hydrogens is 216 g/mol. The van der Waals surface area contributed by atoms with Crippen LogP contribution >= 0.6 is 0 Å². The van der Waals surface area contributed by atoms with E-state index >= 15 is 0 Å². The Labute approximate surface area is 103 Å². The Hall–Kier alpha value is -0.640. The summed E-state index contributed by atoms with van der Waals surface area (Å²) in [5.41, 5.74) is 0. The maximum Gasteiger partial charge on any atom is 0.243 e. The molecule has 5 nitrogen and oxygen atoms in total. The van der Waals surface area contributed by atoms with Gasteiger partial charge in [-0.3, -0.25) is 0 Å². The molecule has 2 rings (SSSR count). The summed E-state index contributed by atoms with van der Waals surface area (Å²) in [6, 6.07) is 0. The number of nitrogens with zero attached hydrogens (tertiary/aromatic N) is 2. The molecule has 5 heteroatoms. The number of aliphatic hydroxyl groups is 1. The standard InChI is InChI=1S/C12H22N4O/c1-2-3-12(17,15-8-4-13-5-9-15)16-10-6-14-7-11-16/h13-14,17H,4-11H2,1H3. The number of nitrogens with one attached hydrogen (secondary N) is 2. The van der Waals surface area contributed by atoms with Gasteiger partial charge >= 0.3 is 0 Å². The second kappa shape index (κ2) is 5.80. The monoisotopic (exact) mass is 238 g/mol. The average Bonchev–Trinajstić information content (AvgIpc) is 2.41. The molecule has 2 aliphatic heterocycles. The second-order valence-electron chi connectivity index (χ2n) is 4.48. The molecular formula is C12H22N4O. The summed E-state index contributed by atoms with van der Waals surface area (Å²) in [5, 5.41) is 17.5. The molecule has 0 unspecified atom stereocenters.